The fourth-order valence-corrected chi connectivity index (χ4v) is 0.571. The Bertz CT molecular complexity index is 107. The lowest BCUT2D eigenvalue weighted by Gasteiger charge is -2.12. The van der Waals surface area contributed by atoms with Crippen LogP contribution >= 0.6 is 12.4 Å². The molecule has 0 aliphatic heterocycles. The summed E-state index contributed by atoms with van der Waals surface area (Å²) < 4.78 is 0. The lowest BCUT2D eigenvalue weighted by molar-refractivity contribution is -0.141. The van der Waals surface area contributed by atoms with E-state index in [1.807, 2.05) is 0 Å². The van der Waals surface area contributed by atoms with Crippen LogP contribution < -0.4 is 5.32 Å². The molecule has 0 spiro atoms. The van der Waals surface area contributed by atoms with Gasteiger partial charge in [-0.1, -0.05) is 0 Å². The molecule has 0 fully saturated rings. The van der Waals surface area contributed by atoms with Crippen LogP contribution in [0.3, 0.4) is 0 Å². The highest BCUT2D eigenvalue weighted by Crippen LogP contribution is 1.89. The number of aliphatic hydroxyl groups is 1. The number of carboxylic acids is 1. The molecule has 0 unspecified atom stereocenters. The number of nitrogens with one attached hydrogen (secondary N) is 1. The Morgan fingerprint density at radius 2 is 2.00 bits per heavy atom. The first-order valence-corrected chi connectivity index (χ1v) is 2.67. The van der Waals surface area contributed by atoms with E-state index >= 15 is 0 Å². The SMILES string of the molecule is CN[C@H](C(=O)O)[C@@H](C)O.Cl. The maximum atomic E-state index is 10.1. The number of carbonyl (C=O) groups is 1. The van der Waals surface area contributed by atoms with Gasteiger partial charge in [-0.25, -0.2) is 0 Å². The molecule has 0 aromatic carbocycles. The van der Waals surface area contributed by atoms with Crippen LogP contribution in [-0.4, -0.2) is 35.4 Å². The smallest absolute Gasteiger partial charge is 0.323 e. The molecule has 0 aromatic heterocycles. The Labute approximate surface area is 65.7 Å². The average Bonchev–Trinajstić information content (AvgIpc) is 1.64. The maximum Gasteiger partial charge on any atom is 0.323 e. The number of aliphatic carboxylic acids is 1. The van der Waals surface area contributed by atoms with Crippen molar-refractivity contribution in [2.75, 3.05) is 7.05 Å². The zero-order chi connectivity index (χ0) is 7.44. The summed E-state index contributed by atoms with van der Waals surface area (Å²) >= 11 is 0. The normalized spacial score (nSPS) is 15.1. The van der Waals surface area contributed by atoms with Crippen molar-refractivity contribution in [1.29, 1.82) is 0 Å². The van der Waals surface area contributed by atoms with Crippen LogP contribution in [0, 0.1) is 0 Å². The van der Waals surface area contributed by atoms with Crippen molar-refractivity contribution in [3.8, 4) is 0 Å². The van der Waals surface area contributed by atoms with Crippen molar-refractivity contribution in [3.63, 3.8) is 0 Å². The third kappa shape index (κ3) is 3.66. The zero-order valence-electron chi connectivity index (χ0n) is 5.87. The summed E-state index contributed by atoms with van der Waals surface area (Å²) in [6.45, 7) is 1.43. The van der Waals surface area contributed by atoms with Crippen LogP contribution in [-0.2, 0) is 4.79 Å². The van der Waals surface area contributed by atoms with E-state index in [1.165, 1.54) is 14.0 Å². The van der Waals surface area contributed by atoms with Gasteiger partial charge in [0.25, 0.3) is 0 Å². The van der Waals surface area contributed by atoms with Crippen molar-refractivity contribution < 1.29 is 15.0 Å². The topological polar surface area (TPSA) is 69.6 Å². The Morgan fingerprint density at radius 1 is 1.60 bits per heavy atom. The third-order valence-electron chi connectivity index (χ3n) is 1.06. The maximum absolute atomic E-state index is 10.1. The van der Waals surface area contributed by atoms with Gasteiger partial charge in [0.1, 0.15) is 6.04 Å². The van der Waals surface area contributed by atoms with E-state index in [-0.39, 0.29) is 12.4 Å². The molecule has 0 amide bonds. The first-order chi connectivity index (χ1) is 4.09. The second-order valence-electron chi connectivity index (χ2n) is 1.85. The summed E-state index contributed by atoms with van der Waals surface area (Å²) in [6, 6.07) is -0.856. The minimum Gasteiger partial charge on any atom is -0.480 e. The van der Waals surface area contributed by atoms with E-state index in [4.69, 9.17) is 10.2 Å². The number of halogens is 1. The van der Waals surface area contributed by atoms with Crippen LogP contribution in [0.1, 0.15) is 6.92 Å². The molecule has 0 heterocycles. The largest absolute Gasteiger partial charge is 0.480 e. The van der Waals surface area contributed by atoms with E-state index in [0.717, 1.165) is 0 Å². The molecule has 0 rings (SSSR count). The molecule has 4 nitrogen and oxygen atoms in total. The van der Waals surface area contributed by atoms with Gasteiger partial charge in [-0.15, -0.1) is 12.4 Å². The molecular weight excluding hydrogens is 158 g/mol. The Morgan fingerprint density at radius 3 is 2.00 bits per heavy atom. The zero-order valence-corrected chi connectivity index (χ0v) is 6.68. The molecule has 0 radical (unpaired) electrons. The molecule has 3 N–H and O–H groups in total. The second-order valence-corrected chi connectivity index (χ2v) is 1.85. The number of hydrogen-bond acceptors (Lipinski definition) is 3. The summed E-state index contributed by atoms with van der Waals surface area (Å²) in [5, 5.41) is 19.5. The van der Waals surface area contributed by atoms with Crippen molar-refractivity contribution in [2.24, 2.45) is 0 Å². The van der Waals surface area contributed by atoms with Gasteiger partial charge < -0.3 is 15.5 Å². The Hall–Kier alpha value is -0.320. The molecule has 0 bridgehead atoms. The van der Waals surface area contributed by atoms with E-state index < -0.39 is 18.1 Å². The van der Waals surface area contributed by atoms with Crippen molar-refractivity contribution in [1.82, 2.24) is 5.32 Å². The fraction of sp³-hybridized carbons (Fsp3) is 0.800. The van der Waals surface area contributed by atoms with Gasteiger partial charge in [-0.3, -0.25) is 4.79 Å². The van der Waals surface area contributed by atoms with Crippen LogP contribution in [0.2, 0.25) is 0 Å². The molecule has 0 aliphatic carbocycles. The summed E-state index contributed by atoms with van der Waals surface area (Å²) in [5.74, 6) is -1.03. The number of hydrogen-bond donors (Lipinski definition) is 3. The highest BCUT2D eigenvalue weighted by atomic mass is 35.5. The van der Waals surface area contributed by atoms with Crippen molar-refractivity contribution in [3.05, 3.63) is 0 Å². The highest BCUT2D eigenvalue weighted by molar-refractivity contribution is 5.85. The lowest BCUT2D eigenvalue weighted by Crippen LogP contribution is -2.42. The number of carboxylic acid groups (broad SMARTS) is 1. The molecular formula is C5H12ClNO3. The van der Waals surface area contributed by atoms with Gasteiger partial charge >= 0.3 is 5.97 Å². The molecule has 0 aliphatic rings. The fourth-order valence-electron chi connectivity index (χ4n) is 0.571. The molecule has 0 saturated heterocycles. The number of likely N-dealkylation sites (N-methyl/N-ethyl adjacent to an activating group) is 1. The predicted molar refractivity (Wildman–Crippen MR) is 39.4 cm³/mol. The summed E-state index contributed by atoms with van der Waals surface area (Å²) in [7, 11) is 1.49. The first kappa shape index (κ1) is 12.4. The first-order valence-electron chi connectivity index (χ1n) is 2.67. The van der Waals surface area contributed by atoms with Gasteiger partial charge in [0.15, 0.2) is 0 Å². The average molecular weight is 170 g/mol. The summed E-state index contributed by atoms with van der Waals surface area (Å²) in [4.78, 5) is 10.1. The standard InChI is InChI=1S/C5H11NO3.ClH/c1-3(7)4(6-2)5(8)9;/h3-4,6-7H,1-2H3,(H,8,9);1H/t3-,4+;/m1./s1. The predicted octanol–water partition coefficient (Wildman–Crippen LogP) is -0.538. The summed E-state index contributed by atoms with van der Waals surface area (Å²) in [5.41, 5.74) is 0. The van der Waals surface area contributed by atoms with E-state index in [1.54, 1.807) is 0 Å². The van der Waals surface area contributed by atoms with Crippen LogP contribution in [0.15, 0.2) is 0 Å². The minimum absolute atomic E-state index is 0. The third-order valence-corrected chi connectivity index (χ3v) is 1.06. The Kier molecular flexibility index (Phi) is 6.76. The molecule has 62 valence electrons. The quantitative estimate of drug-likeness (QED) is 0.531. The van der Waals surface area contributed by atoms with Crippen LogP contribution in [0.4, 0.5) is 0 Å². The van der Waals surface area contributed by atoms with E-state index in [0.29, 0.717) is 0 Å². The van der Waals surface area contributed by atoms with E-state index in [9.17, 15) is 4.79 Å². The number of aliphatic hydroxyl groups excluding tert-OH is 1. The van der Waals surface area contributed by atoms with Crippen LogP contribution in [0.25, 0.3) is 0 Å². The van der Waals surface area contributed by atoms with Crippen molar-refractivity contribution >= 4 is 18.4 Å². The van der Waals surface area contributed by atoms with E-state index in [2.05, 4.69) is 5.32 Å². The van der Waals surface area contributed by atoms with Gasteiger partial charge in [-0.2, -0.15) is 0 Å². The highest BCUT2D eigenvalue weighted by Gasteiger charge is 2.19. The molecule has 10 heavy (non-hydrogen) atoms. The van der Waals surface area contributed by atoms with Crippen LogP contribution in [0.5, 0.6) is 0 Å². The summed E-state index contributed by atoms with van der Waals surface area (Å²) in [6.07, 6.45) is -0.854. The van der Waals surface area contributed by atoms with Crippen molar-refractivity contribution in [2.45, 2.75) is 19.1 Å². The molecule has 0 saturated carbocycles. The lowest BCUT2D eigenvalue weighted by atomic mass is 10.2. The Balaban J connectivity index is 0. The monoisotopic (exact) mass is 169 g/mol. The molecule has 5 heteroatoms. The molecule has 0 aromatic rings. The van der Waals surface area contributed by atoms with Gasteiger partial charge in [0.05, 0.1) is 6.10 Å². The molecule has 2 atom stereocenters. The van der Waals surface area contributed by atoms with Gasteiger partial charge in [0, 0.05) is 0 Å². The second kappa shape index (κ2) is 5.46. The van der Waals surface area contributed by atoms with Gasteiger partial charge in [0.2, 0.25) is 0 Å². The minimum atomic E-state index is -1.03. The van der Waals surface area contributed by atoms with Gasteiger partial charge in [-0.05, 0) is 14.0 Å². The number of rotatable bonds is 3.